The topological polar surface area (TPSA) is 57.8 Å². The predicted octanol–water partition coefficient (Wildman–Crippen LogP) is 5.32. The summed E-state index contributed by atoms with van der Waals surface area (Å²) in [6.45, 7) is 6.46. The molecule has 0 amide bonds. The highest BCUT2D eigenvalue weighted by Crippen LogP contribution is 2.56. The SMILES string of the molecule is CC1(C)CC(=O)C2=C(C1)Nc1n[nH]c(C3CC3)c1C2(C)c1ccccc1Cl. The Labute approximate surface area is 164 Å². The van der Waals surface area contributed by atoms with Crippen LogP contribution >= 0.6 is 11.6 Å². The van der Waals surface area contributed by atoms with Gasteiger partial charge in [-0.15, -0.1) is 0 Å². The molecule has 1 aliphatic heterocycles. The van der Waals surface area contributed by atoms with E-state index in [1.54, 1.807) is 0 Å². The molecule has 5 rings (SSSR count). The minimum atomic E-state index is -0.591. The fraction of sp³-hybridized carbons (Fsp3) is 0.455. The first-order chi connectivity index (χ1) is 12.8. The van der Waals surface area contributed by atoms with Gasteiger partial charge in [-0.3, -0.25) is 9.89 Å². The second kappa shape index (κ2) is 5.48. The molecule has 2 aliphatic carbocycles. The van der Waals surface area contributed by atoms with Crippen molar-refractivity contribution >= 4 is 23.2 Å². The zero-order valence-corrected chi connectivity index (χ0v) is 16.7. The zero-order valence-electron chi connectivity index (χ0n) is 15.9. The van der Waals surface area contributed by atoms with E-state index in [1.165, 1.54) is 12.8 Å². The van der Waals surface area contributed by atoms with Crippen LogP contribution in [-0.4, -0.2) is 16.0 Å². The van der Waals surface area contributed by atoms with Gasteiger partial charge in [-0.05, 0) is 43.2 Å². The van der Waals surface area contributed by atoms with Gasteiger partial charge in [-0.2, -0.15) is 5.10 Å². The Bertz CT molecular complexity index is 999. The van der Waals surface area contributed by atoms with Gasteiger partial charge in [0.15, 0.2) is 11.6 Å². The van der Waals surface area contributed by atoms with Gasteiger partial charge in [0.2, 0.25) is 0 Å². The summed E-state index contributed by atoms with van der Waals surface area (Å²) in [7, 11) is 0. The number of hydrogen-bond acceptors (Lipinski definition) is 3. The van der Waals surface area contributed by atoms with Gasteiger partial charge in [0.25, 0.3) is 0 Å². The summed E-state index contributed by atoms with van der Waals surface area (Å²) in [5.74, 6) is 1.57. The van der Waals surface area contributed by atoms with Crippen LogP contribution in [0.2, 0.25) is 5.02 Å². The summed E-state index contributed by atoms with van der Waals surface area (Å²) in [5, 5.41) is 12.1. The molecule has 5 heteroatoms. The Kier molecular flexibility index (Phi) is 3.46. The molecule has 0 saturated heterocycles. The van der Waals surface area contributed by atoms with Crippen molar-refractivity contribution in [2.24, 2.45) is 5.41 Å². The maximum atomic E-state index is 13.4. The number of carbonyl (C=O) groups is 1. The van der Waals surface area contributed by atoms with Crippen LogP contribution in [0, 0.1) is 5.41 Å². The first kappa shape index (κ1) is 17.1. The van der Waals surface area contributed by atoms with Crippen molar-refractivity contribution in [2.75, 3.05) is 5.32 Å². The Morgan fingerprint density at radius 3 is 2.59 bits per heavy atom. The van der Waals surface area contributed by atoms with Crippen LogP contribution in [0.4, 0.5) is 5.82 Å². The monoisotopic (exact) mass is 381 g/mol. The molecule has 27 heavy (non-hydrogen) atoms. The Hall–Kier alpha value is -2.07. The van der Waals surface area contributed by atoms with E-state index in [-0.39, 0.29) is 11.2 Å². The van der Waals surface area contributed by atoms with E-state index in [9.17, 15) is 4.79 Å². The Balaban J connectivity index is 1.82. The minimum Gasteiger partial charge on any atom is -0.342 e. The lowest BCUT2D eigenvalue weighted by atomic mass is 9.61. The highest BCUT2D eigenvalue weighted by atomic mass is 35.5. The molecule has 1 atom stereocenters. The smallest absolute Gasteiger partial charge is 0.162 e. The number of rotatable bonds is 2. The number of benzene rings is 1. The maximum Gasteiger partial charge on any atom is 0.162 e. The predicted molar refractivity (Wildman–Crippen MR) is 107 cm³/mol. The standard InChI is InChI=1S/C22H24ClN3O/c1-21(2)10-15-17(16(27)11-21)22(3,13-6-4-5-7-14(13)23)18-19(12-8-9-12)25-26-20(18)24-15/h4-7,12H,8-11H2,1-3H3,(H2,24,25,26). The number of hydrogen-bond donors (Lipinski definition) is 2. The van der Waals surface area contributed by atoms with Crippen molar-refractivity contribution < 1.29 is 4.79 Å². The van der Waals surface area contributed by atoms with Crippen molar-refractivity contribution in [1.29, 1.82) is 0 Å². The van der Waals surface area contributed by atoms with Crippen LogP contribution in [0.15, 0.2) is 35.5 Å². The quantitative estimate of drug-likeness (QED) is 0.740. The van der Waals surface area contributed by atoms with Crippen LogP contribution in [0.25, 0.3) is 0 Å². The molecule has 1 aromatic carbocycles. The fourth-order valence-corrected chi connectivity index (χ4v) is 5.36. The molecule has 0 spiro atoms. The van der Waals surface area contributed by atoms with E-state index < -0.39 is 5.41 Å². The lowest BCUT2D eigenvalue weighted by Crippen LogP contribution is -2.42. The molecule has 3 aliphatic rings. The molecule has 2 aromatic rings. The number of carbonyl (C=O) groups excluding carboxylic acids is 1. The number of Topliss-reactive ketones (excluding diaryl/α,β-unsaturated/α-hetero) is 1. The third kappa shape index (κ3) is 2.42. The van der Waals surface area contributed by atoms with Crippen molar-refractivity contribution in [3.05, 3.63) is 57.4 Å². The lowest BCUT2D eigenvalue weighted by molar-refractivity contribution is -0.118. The third-order valence-electron chi connectivity index (χ3n) is 6.34. The second-order valence-electron chi connectivity index (χ2n) is 9.16. The minimum absolute atomic E-state index is 0.0581. The van der Waals surface area contributed by atoms with Crippen molar-refractivity contribution in [3.63, 3.8) is 0 Å². The summed E-state index contributed by atoms with van der Waals surface area (Å²) < 4.78 is 0. The second-order valence-corrected chi connectivity index (χ2v) is 9.57. The van der Waals surface area contributed by atoms with Crippen LogP contribution in [0.1, 0.15) is 69.2 Å². The summed E-state index contributed by atoms with van der Waals surface area (Å²) in [6, 6.07) is 7.91. The Morgan fingerprint density at radius 1 is 1.15 bits per heavy atom. The Morgan fingerprint density at radius 2 is 1.89 bits per heavy atom. The molecule has 140 valence electrons. The molecule has 2 N–H and O–H groups in total. The van der Waals surface area contributed by atoms with Gasteiger partial charge in [0, 0.05) is 39.9 Å². The van der Waals surface area contributed by atoms with Crippen molar-refractivity contribution in [3.8, 4) is 0 Å². The molecular weight excluding hydrogens is 358 g/mol. The first-order valence-corrected chi connectivity index (χ1v) is 10.1. The average molecular weight is 382 g/mol. The van der Waals surface area contributed by atoms with Crippen LogP contribution in [0.5, 0.6) is 0 Å². The van der Waals surface area contributed by atoms with Crippen LogP contribution in [-0.2, 0) is 10.2 Å². The zero-order chi connectivity index (χ0) is 19.0. The molecule has 1 aromatic heterocycles. The van der Waals surface area contributed by atoms with E-state index in [0.29, 0.717) is 17.4 Å². The first-order valence-electron chi connectivity index (χ1n) is 9.69. The number of aromatic amines is 1. The van der Waals surface area contributed by atoms with Crippen LogP contribution < -0.4 is 5.32 Å². The van der Waals surface area contributed by atoms with E-state index in [0.717, 1.165) is 40.3 Å². The highest BCUT2D eigenvalue weighted by molar-refractivity contribution is 6.31. The van der Waals surface area contributed by atoms with Gasteiger partial charge in [-0.1, -0.05) is 43.6 Å². The molecule has 1 unspecified atom stereocenters. The number of aromatic nitrogens is 2. The number of halogens is 1. The van der Waals surface area contributed by atoms with Gasteiger partial charge in [0.05, 0.1) is 5.41 Å². The van der Waals surface area contributed by atoms with E-state index >= 15 is 0 Å². The normalized spacial score (nSPS) is 26.4. The molecule has 2 heterocycles. The average Bonchev–Trinajstić information content (AvgIpc) is 3.33. The summed E-state index contributed by atoms with van der Waals surface area (Å²) in [5.41, 5.74) is 4.46. The summed E-state index contributed by atoms with van der Waals surface area (Å²) >= 11 is 6.68. The number of nitrogens with zero attached hydrogens (tertiary/aromatic N) is 1. The fourth-order valence-electron chi connectivity index (χ4n) is 5.03. The van der Waals surface area contributed by atoms with E-state index in [1.807, 2.05) is 18.2 Å². The van der Waals surface area contributed by atoms with E-state index in [4.69, 9.17) is 11.6 Å². The molecule has 0 radical (unpaired) electrons. The van der Waals surface area contributed by atoms with Gasteiger partial charge >= 0.3 is 0 Å². The number of ketones is 1. The number of H-pyrrole nitrogens is 1. The van der Waals surface area contributed by atoms with Crippen molar-refractivity contribution in [1.82, 2.24) is 10.2 Å². The highest BCUT2D eigenvalue weighted by Gasteiger charge is 2.51. The number of anilines is 1. The van der Waals surface area contributed by atoms with Gasteiger partial charge < -0.3 is 5.32 Å². The largest absolute Gasteiger partial charge is 0.342 e. The van der Waals surface area contributed by atoms with Crippen molar-refractivity contribution in [2.45, 2.75) is 57.8 Å². The van der Waals surface area contributed by atoms with Gasteiger partial charge in [0.1, 0.15) is 0 Å². The number of fused-ring (bicyclic) bond motifs is 1. The maximum absolute atomic E-state index is 13.4. The third-order valence-corrected chi connectivity index (χ3v) is 6.67. The molecule has 4 nitrogen and oxygen atoms in total. The molecular formula is C22H24ClN3O. The van der Waals surface area contributed by atoms with Gasteiger partial charge in [-0.25, -0.2) is 0 Å². The molecule has 1 fully saturated rings. The van der Waals surface area contributed by atoms with Crippen LogP contribution in [0.3, 0.4) is 0 Å². The van der Waals surface area contributed by atoms with E-state index in [2.05, 4.69) is 42.4 Å². The molecule has 0 bridgehead atoms. The lowest BCUT2D eigenvalue weighted by Gasteiger charge is -2.44. The number of nitrogens with one attached hydrogen (secondary N) is 2. The summed E-state index contributed by atoms with van der Waals surface area (Å²) in [4.78, 5) is 13.4. The molecule has 1 saturated carbocycles. The summed E-state index contributed by atoms with van der Waals surface area (Å²) in [6.07, 6.45) is 3.72. The number of allylic oxidation sites excluding steroid dienone is 2.